The molecular formula is C27H32N2O5S. The first kappa shape index (κ1) is 25.1. The fourth-order valence-corrected chi connectivity index (χ4v) is 5.61. The van der Waals surface area contributed by atoms with E-state index in [9.17, 15) is 19.5 Å². The van der Waals surface area contributed by atoms with Gasteiger partial charge < -0.3 is 20.5 Å². The highest BCUT2D eigenvalue weighted by Crippen LogP contribution is 2.44. The maximum absolute atomic E-state index is 13.0. The Morgan fingerprint density at radius 2 is 1.71 bits per heavy atom. The van der Waals surface area contributed by atoms with Crippen LogP contribution >= 0.6 is 11.8 Å². The Morgan fingerprint density at radius 3 is 2.34 bits per heavy atom. The number of ether oxygens (including phenoxy) is 1. The van der Waals surface area contributed by atoms with Crippen LogP contribution in [0.4, 0.5) is 4.79 Å². The molecule has 0 radical (unpaired) electrons. The summed E-state index contributed by atoms with van der Waals surface area (Å²) in [4.78, 5) is 37.1. The monoisotopic (exact) mass is 496 g/mol. The largest absolute Gasteiger partial charge is 0.481 e. The smallest absolute Gasteiger partial charge is 0.407 e. The first-order chi connectivity index (χ1) is 17.0. The van der Waals surface area contributed by atoms with Crippen molar-refractivity contribution in [1.82, 2.24) is 10.6 Å². The summed E-state index contributed by atoms with van der Waals surface area (Å²) in [6, 6.07) is 15.3. The van der Waals surface area contributed by atoms with Gasteiger partial charge in [-0.25, -0.2) is 4.79 Å². The van der Waals surface area contributed by atoms with Crippen LogP contribution in [0.25, 0.3) is 11.1 Å². The molecule has 2 aliphatic carbocycles. The van der Waals surface area contributed by atoms with E-state index in [1.165, 1.54) is 0 Å². The lowest BCUT2D eigenvalue weighted by Crippen LogP contribution is -2.51. The molecule has 7 nitrogen and oxygen atoms in total. The van der Waals surface area contributed by atoms with Gasteiger partial charge in [0.1, 0.15) is 12.6 Å². The lowest BCUT2D eigenvalue weighted by Gasteiger charge is -2.29. The highest BCUT2D eigenvalue weighted by Gasteiger charge is 2.32. The number of hydrogen-bond acceptors (Lipinski definition) is 5. The van der Waals surface area contributed by atoms with E-state index in [2.05, 4.69) is 34.9 Å². The molecular weight excluding hydrogens is 464 g/mol. The van der Waals surface area contributed by atoms with Gasteiger partial charge in [-0.15, -0.1) is 0 Å². The number of carbonyl (C=O) groups excluding carboxylic acids is 2. The standard InChI is InChI=1S/C27H32N2O5S/c1-35-14-13-24(25(30)28-18-8-6-7-17(15-18)26(31)32)29-27(33)34-16-23-21-11-4-2-9-19(21)20-10-3-5-12-22(20)23/h2-5,9-12,17-18,23-24H,6-8,13-16H2,1H3,(H,28,30)(H,29,33)(H,31,32)/t17-,18+,24+/m1/s1. The molecule has 0 bridgehead atoms. The van der Waals surface area contributed by atoms with Crippen LogP contribution in [0.15, 0.2) is 48.5 Å². The molecule has 0 heterocycles. The molecule has 0 aromatic heterocycles. The number of rotatable bonds is 9. The second-order valence-corrected chi connectivity index (χ2v) is 10.2. The fraction of sp³-hybridized carbons (Fsp3) is 0.444. The Labute approximate surface area is 210 Å². The van der Waals surface area contributed by atoms with Gasteiger partial charge in [-0.2, -0.15) is 11.8 Å². The zero-order chi connectivity index (χ0) is 24.8. The Balaban J connectivity index is 1.36. The predicted octanol–water partition coefficient (Wildman–Crippen LogP) is 4.41. The Kier molecular flexibility index (Phi) is 8.33. The zero-order valence-electron chi connectivity index (χ0n) is 19.9. The SMILES string of the molecule is CSCC[C@H](NC(=O)OCC1c2ccccc2-c2ccccc21)C(=O)N[C@H]1CCC[C@@H](C(=O)O)C1. The fourth-order valence-electron chi connectivity index (χ4n) is 5.13. The zero-order valence-corrected chi connectivity index (χ0v) is 20.7. The number of amides is 2. The van der Waals surface area contributed by atoms with E-state index in [1.54, 1.807) is 11.8 Å². The number of thioether (sulfide) groups is 1. The number of carboxylic acids is 1. The molecule has 0 saturated heterocycles. The topological polar surface area (TPSA) is 105 Å². The quantitative estimate of drug-likeness (QED) is 0.475. The summed E-state index contributed by atoms with van der Waals surface area (Å²) >= 11 is 1.59. The van der Waals surface area contributed by atoms with E-state index in [0.717, 1.165) is 35.1 Å². The normalized spacial score (nSPS) is 19.8. The Bertz CT molecular complexity index is 1030. The van der Waals surface area contributed by atoms with Crippen molar-refractivity contribution >= 4 is 29.7 Å². The van der Waals surface area contributed by atoms with Gasteiger partial charge in [-0.05, 0) is 59.9 Å². The molecule has 0 aliphatic heterocycles. The number of carbonyl (C=O) groups is 3. The van der Waals surface area contributed by atoms with Crippen molar-refractivity contribution in [1.29, 1.82) is 0 Å². The number of hydrogen-bond donors (Lipinski definition) is 3. The second kappa shape index (κ2) is 11.6. The van der Waals surface area contributed by atoms with Crippen LogP contribution in [-0.2, 0) is 14.3 Å². The molecule has 35 heavy (non-hydrogen) atoms. The van der Waals surface area contributed by atoms with E-state index < -0.39 is 24.0 Å². The summed E-state index contributed by atoms with van der Waals surface area (Å²) in [6.45, 7) is 0.180. The van der Waals surface area contributed by atoms with E-state index in [1.807, 2.05) is 30.5 Å². The number of nitrogens with one attached hydrogen (secondary N) is 2. The molecule has 1 fully saturated rings. The minimum atomic E-state index is -0.820. The highest BCUT2D eigenvalue weighted by molar-refractivity contribution is 7.98. The lowest BCUT2D eigenvalue weighted by atomic mass is 9.85. The molecule has 8 heteroatoms. The van der Waals surface area contributed by atoms with E-state index >= 15 is 0 Å². The number of alkyl carbamates (subject to hydrolysis) is 1. The van der Waals surface area contributed by atoms with Crippen molar-refractivity contribution in [2.75, 3.05) is 18.6 Å². The first-order valence-corrected chi connectivity index (χ1v) is 13.5. The predicted molar refractivity (Wildman–Crippen MR) is 137 cm³/mol. The van der Waals surface area contributed by atoms with E-state index in [4.69, 9.17) is 4.74 Å². The van der Waals surface area contributed by atoms with Crippen molar-refractivity contribution in [2.45, 2.75) is 50.1 Å². The minimum absolute atomic E-state index is 0.0539. The molecule has 2 aromatic carbocycles. The molecule has 0 spiro atoms. The van der Waals surface area contributed by atoms with Gasteiger partial charge in [0.25, 0.3) is 0 Å². The van der Waals surface area contributed by atoms with Crippen molar-refractivity contribution in [3.63, 3.8) is 0 Å². The third kappa shape index (κ3) is 5.99. The molecule has 2 amide bonds. The molecule has 186 valence electrons. The maximum atomic E-state index is 13.0. The first-order valence-electron chi connectivity index (χ1n) is 12.1. The number of fused-ring (bicyclic) bond motifs is 3. The van der Waals surface area contributed by atoms with Crippen LogP contribution in [0, 0.1) is 5.92 Å². The molecule has 3 N–H and O–H groups in total. The van der Waals surface area contributed by atoms with Gasteiger partial charge in [0.05, 0.1) is 5.92 Å². The molecule has 2 aromatic rings. The van der Waals surface area contributed by atoms with E-state index in [0.29, 0.717) is 25.0 Å². The van der Waals surface area contributed by atoms with Gasteiger partial charge >= 0.3 is 12.1 Å². The van der Waals surface area contributed by atoms with Gasteiger partial charge in [0, 0.05) is 12.0 Å². The number of benzene rings is 2. The Hall–Kier alpha value is -3.00. The maximum Gasteiger partial charge on any atom is 0.407 e. The van der Waals surface area contributed by atoms with Gasteiger partial charge in [-0.1, -0.05) is 55.0 Å². The van der Waals surface area contributed by atoms with E-state index in [-0.39, 0.29) is 24.5 Å². The van der Waals surface area contributed by atoms with Crippen LogP contribution in [0.2, 0.25) is 0 Å². The van der Waals surface area contributed by atoms with Crippen molar-refractivity contribution in [2.24, 2.45) is 5.92 Å². The summed E-state index contributed by atoms with van der Waals surface area (Å²) in [7, 11) is 0. The van der Waals surface area contributed by atoms with Crippen LogP contribution in [0.1, 0.15) is 49.1 Å². The number of carboxylic acid groups (broad SMARTS) is 1. The molecule has 0 unspecified atom stereocenters. The summed E-state index contributed by atoms with van der Waals surface area (Å²) in [5, 5.41) is 15.0. The van der Waals surface area contributed by atoms with Crippen molar-refractivity contribution < 1.29 is 24.2 Å². The molecule has 2 aliphatic rings. The summed E-state index contributed by atoms with van der Waals surface area (Å²) < 4.78 is 5.62. The van der Waals surface area contributed by atoms with Crippen molar-refractivity contribution in [3.05, 3.63) is 59.7 Å². The van der Waals surface area contributed by atoms with Crippen LogP contribution < -0.4 is 10.6 Å². The second-order valence-electron chi connectivity index (χ2n) is 9.21. The van der Waals surface area contributed by atoms with Gasteiger partial charge in [0.15, 0.2) is 0 Å². The lowest BCUT2D eigenvalue weighted by molar-refractivity contribution is -0.143. The highest BCUT2D eigenvalue weighted by atomic mass is 32.2. The number of aliphatic carboxylic acids is 1. The summed E-state index contributed by atoms with van der Waals surface area (Å²) in [5.74, 6) is -0.900. The molecule has 3 atom stereocenters. The van der Waals surface area contributed by atoms with Crippen LogP contribution in [0.3, 0.4) is 0 Å². The molecule has 4 rings (SSSR count). The van der Waals surface area contributed by atoms with Crippen LogP contribution in [-0.4, -0.2) is 53.8 Å². The third-order valence-electron chi connectivity index (χ3n) is 6.93. The van der Waals surface area contributed by atoms with Gasteiger partial charge in [-0.3, -0.25) is 9.59 Å². The average molecular weight is 497 g/mol. The van der Waals surface area contributed by atoms with Crippen LogP contribution in [0.5, 0.6) is 0 Å². The Morgan fingerprint density at radius 1 is 1.06 bits per heavy atom. The third-order valence-corrected chi connectivity index (χ3v) is 7.58. The van der Waals surface area contributed by atoms with Crippen molar-refractivity contribution in [3.8, 4) is 11.1 Å². The minimum Gasteiger partial charge on any atom is -0.481 e. The summed E-state index contributed by atoms with van der Waals surface area (Å²) in [6.07, 6.45) is 4.34. The molecule has 1 saturated carbocycles. The van der Waals surface area contributed by atoms with Gasteiger partial charge in [0.2, 0.25) is 5.91 Å². The average Bonchev–Trinajstić information content (AvgIpc) is 3.19. The summed E-state index contributed by atoms with van der Waals surface area (Å²) in [5.41, 5.74) is 4.56.